The number of imidazole rings is 1. The maximum atomic E-state index is 11.6. The average molecular weight is 236 g/mol. The summed E-state index contributed by atoms with van der Waals surface area (Å²) in [5, 5.41) is 3.28. The highest BCUT2D eigenvalue weighted by Gasteiger charge is 2.13. The first-order valence-corrected chi connectivity index (χ1v) is 5.60. The van der Waals surface area contributed by atoms with E-state index < -0.39 is 0 Å². The van der Waals surface area contributed by atoms with E-state index in [1.165, 1.54) is 0 Å². The van der Waals surface area contributed by atoms with Crippen molar-refractivity contribution in [1.82, 2.24) is 25.3 Å². The summed E-state index contributed by atoms with van der Waals surface area (Å²) in [6.45, 7) is 4.96. The van der Waals surface area contributed by atoms with Crippen molar-refractivity contribution >= 4 is 17.1 Å². The van der Waals surface area contributed by atoms with Crippen LogP contribution in [-0.2, 0) is 0 Å². The lowest BCUT2D eigenvalue weighted by Gasteiger charge is -2.09. The predicted octanol–water partition coefficient (Wildman–Crippen LogP) is 0.289. The molecule has 1 unspecified atom stereocenters. The van der Waals surface area contributed by atoms with Crippen molar-refractivity contribution in [3.8, 4) is 0 Å². The van der Waals surface area contributed by atoms with E-state index in [-0.39, 0.29) is 17.5 Å². The summed E-state index contributed by atoms with van der Waals surface area (Å²) in [6.07, 6.45) is 1.04. The Bertz CT molecular complexity index is 572. The van der Waals surface area contributed by atoms with Gasteiger partial charge in [0.25, 0.3) is 5.56 Å². The number of nitrogens with zero attached hydrogens (tertiary/aromatic N) is 2. The molecule has 2 rings (SSSR count). The summed E-state index contributed by atoms with van der Waals surface area (Å²) in [7, 11) is 0. The van der Waals surface area contributed by atoms with E-state index in [4.69, 9.17) is 5.73 Å². The molecule has 0 aliphatic carbocycles. The van der Waals surface area contributed by atoms with Gasteiger partial charge >= 0.3 is 0 Å². The highest BCUT2D eigenvalue weighted by atomic mass is 16.1. The fourth-order valence-corrected chi connectivity index (χ4v) is 1.60. The van der Waals surface area contributed by atoms with Crippen LogP contribution in [0.5, 0.6) is 0 Å². The molecule has 1 atom stereocenters. The van der Waals surface area contributed by atoms with Crippen molar-refractivity contribution in [2.24, 2.45) is 0 Å². The normalized spacial score (nSPS) is 13.1. The maximum absolute atomic E-state index is 11.6. The first kappa shape index (κ1) is 11.6. The molecule has 2 aromatic rings. The second kappa shape index (κ2) is 4.54. The Morgan fingerprint density at radius 2 is 2.18 bits per heavy atom. The third kappa shape index (κ3) is 2.28. The smallest absolute Gasteiger partial charge is 0.278 e. The Morgan fingerprint density at radius 1 is 1.41 bits per heavy atom. The molecule has 0 radical (unpaired) electrons. The Balaban J connectivity index is 2.37. The maximum Gasteiger partial charge on any atom is 0.278 e. The van der Waals surface area contributed by atoms with E-state index in [0.717, 1.165) is 13.0 Å². The zero-order chi connectivity index (χ0) is 12.4. The highest BCUT2D eigenvalue weighted by Crippen LogP contribution is 2.11. The number of nitrogens with two attached hydrogens (primary N) is 1. The van der Waals surface area contributed by atoms with E-state index in [1.54, 1.807) is 0 Å². The number of hydrogen-bond donors (Lipinski definition) is 4. The van der Waals surface area contributed by atoms with Crippen LogP contribution in [0, 0.1) is 0 Å². The van der Waals surface area contributed by atoms with Crippen LogP contribution in [0.25, 0.3) is 11.2 Å². The number of aromatic amines is 2. The first-order valence-electron chi connectivity index (χ1n) is 5.60. The fraction of sp³-hybridized carbons (Fsp3) is 0.500. The van der Waals surface area contributed by atoms with Crippen LogP contribution in [0.2, 0.25) is 0 Å². The number of H-pyrrole nitrogens is 2. The molecule has 0 fully saturated rings. The van der Waals surface area contributed by atoms with E-state index in [0.29, 0.717) is 17.0 Å². The van der Waals surface area contributed by atoms with E-state index in [2.05, 4.69) is 32.2 Å². The number of fused-ring (bicyclic) bond motifs is 1. The van der Waals surface area contributed by atoms with Crippen molar-refractivity contribution in [3.05, 3.63) is 16.2 Å². The van der Waals surface area contributed by atoms with Crippen LogP contribution < -0.4 is 16.6 Å². The van der Waals surface area contributed by atoms with Gasteiger partial charge in [0.1, 0.15) is 5.82 Å². The van der Waals surface area contributed by atoms with Crippen molar-refractivity contribution < 1.29 is 0 Å². The Labute approximate surface area is 97.9 Å². The third-order valence-corrected chi connectivity index (χ3v) is 2.51. The van der Waals surface area contributed by atoms with Crippen LogP contribution in [-0.4, -0.2) is 26.5 Å². The molecule has 17 heavy (non-hydrogen) atoms. The molecule has 0 aromatic carbocycles. The number of nitrogens with one attached hydrogen (secondary N) is 3. The van der Waals surface area contributed by atoms with Crippen molar-refractivity contribution in [1.29, 1.82) is 0 Å². The molecule has 0 bridgehead atoms. The molecule has 2 aromatic heterocycles. The van der Waals surface area contributed by atoms with Crippen molar-refractivity contribution in [2.45, 2.75) is 26.3 Å². The van der Waals surface area contributed by atoms with E-state index >= 15 is 0 Å². The van der Waals surface area contributed by atoms with Gasteiger partial charge in [-0.05, 0) is 19.9 Å². The summed E-state index contributed by atoms with van der Waals surface area (Å²) >= 11 is 0. The summed E-state index contributed by atoms with van der Waals surface area (Å²) < 4.78 is 0. The van der Waals surface area contributed by atoms with Gasteiger partial charge in [-0.2, -0.15) is 4.98 Å². The van der Waals surface area contributed by atoms with Crippen molar-refractivity contribution in [3.63, 3.8) is 0 Å². The predicted molar refractivity (Wildman–Crippen MR) is 65.6 cm³/mol. The Morgan fingerprint density at radius 3 is 2.88 bits per heavy atom. The van der Waals surface area contributed by atoms with Gasteiger partial charge in [-0.1, -0.05) is 6.92 Å². The number of aromatic nitrogens is 4. The molecule has 92 valence electrons. The van der Waals surface area contributed by atoms with Gasteiger partial charge in [-0.3, -0.25) is 9.78 Å². The zero-order valence-electron chi connectivity index (χ0n) is 9.87. The lowest BCUT2D eigenvalue weighted by atomic mass is 10.3. The minimum atomic E-state index is -0.297. The molecule has 7 heteroatoms. The SMILES string of the molecule is CCCNC(C)c1nc2nc(N)[nH]c(=O)c2[nH]1. The number of anilines is 1. The van der Waals surface area contributed by atoms with Gasteiger partial charge in [-0.15, -0.1) is 0 Å². The lowest BCUT2D eigenvalue weighted by molar-refractivity contribution is 0.550. The van der Waals surface area contributed by atoms with Gasteiger partial charge in [0.2, 0.25) is 5.95 Å². The lowest BCUT2D eigenvalue weighted by Crippen LogP contribution is -2.20. The summed E-state index contributed by atoms with van der Waals surface area (Å²) in [6, 6.07) is 0.0461. The molecule has 0 aliphatic rings. The Kier molecular flexibility index (Phi) is 3.10. The molecule has 7 nitrogen and oxygen atoms in total. The number of nitrogen functional groups attached to an aromatic ring is 1. The quantitative estimate of drug-likeness (QED) is 0.609. The topological polar surface area (TPSA) is 112 Å². The second-order valence-electron chi connectivity index (χ2n) is 3.95. The van der Waals surface area contributed by atoms with Gasteiger partial charge in [0.15, 0.2) is 11.2 Å². The zero-order valence-corrected chi connectivity index (χ0v) is 9.87. The molecule has 0 saturated heterocycles. The summed E-state index contributed by atoms with van der Waals surface area (Å²) in [4.78, 5) is 25.2. The van der Waals surface area contributed by atoms with Gasteiger partial charge in [0, 0.05) is 0 Å². The molecule has 5 N–H and O–H groups in total. The van der Waals surface area contributed by atoms with Crippen LogP contribution in [0.1, 0.15) is 32.1 Å². The van der Waals surface area contributed by atoms with Crippen LogP contribution in [0.15, 0.2) is 4.79 Å². The fourth-order valence-electron chi connectivity index (χ4n) is 1.60. The molecule has 0 spiro atoms. The average Bonchev–Trinajstić information content (AvgIpc) is 2.69. The molecule has 2 heterocycles. The monoisotopic (exact) mass is 236 g/mol. The molecule has 0 saturated carbocycles. The van der Waals surface area contributed by atoms with Gasteiger partial charge in [0.05, 0.1) is 6.04 Å². The minimum Gasteiger partial charge on any atom is -0.369 e. The van der Waals surface area contributed by atoms with E-state index in [9.17, 15) is 4.79 Å². The third-order valence-electron chi connectivity index (χ3n) is 2.51. The van der Waals surface area contributed by atoms with Crippen LogP contribution in [0.3, 0.4) is 0 Å². The molecular formula is C10H16N6O. The molecule has 0 aliphatic heterocycles. The molecule has 0 amide bonds. The standard InChI is InChI=1S/C10H16N6O/c1-3-4-12-5(2)7-13-6-8(14-7)15-10(11)16-9(6)17/h5,12H,3-4H2,1-2H3,(H4,11,13,14,15,16,17). The van der Waals surface area contributed by atoms with Gasteiger partial charge in [-0.25, -0.2) is 4.98 Å². The summed E-state index contributed by atoms with van der Waals surface area (Å²) in [5.74, 6) is 0.770. The highest BCUT2D eigenvalue weighted by molar-refractivity contribution is 5.70. The van der Waals surface area contributed by atoms with Crippen LogP contribution in [0.4, 0.5) is 5.95 Å². The van der Waals surface area contributed by atoms with E-state index in [1.807, 2.05) is 6.92 Å². The largest absolute Gasteiger partial charge is 0.369 e. The minimum absolute atomic E-state index is 0.0461. The first-order chi connectivity index (χ1) is 8.11. The number of hydrogen-bond acceptors (Lipinski definition) is 5. The second-order valence-corrected chi connectivity index (χ2v) is 3.95. The van der Waals surface area contributed by atoms with Gasteiger partial charge < -0.3 is 16.0 Å². The van der Waals surface area contributed by atoms with Crippen LogP contribution >= 0.6 is 0 Å². The number of rotatable bonds is 4. The summed E-state index contributed by atoms with van der Waals surface area (Å²) in [5.41, 5.74) is 5.87. The van der Waals surface area contributed by atoms with Crippen molar-refractivity contribution in [2.75, 3.05) is 12.3 Å². The molecular weight excluding hydrogens is 220 g/mol. The Hall–Kier alpha value is -1.89.